The molecule has 0 atom stereocenters. The quantitative estimate of drug-likeness (QED) is 0.588. The van der Waals surface area contributed by atoms with Crippen LogP contribution in [0.15, 0.2) is 41.3 Å². The van der Waals surface area contributed by atoms with E-state index in [0.717, 1.165) is 5.56 Å². The largest absolute Gasteiger partial charge is 0.426 e. The van der Waals surface area contributed by atoms with Crippen LogP contribution in [-0.4, -0.2) is 20.6 Å². The van der Waals surface area contributed by atoms with E-state index in [2.05, 4.69) is 30.9 Å². The maximum atomic E-state index is 12.4. The highest BCUT2D eigenvalue weighted by atomic mass is 16.5. The van der Waals surface area contributed by atoms with Crippen LogP contribution in [0, 0.1) is 6.92 Å². The van der Waals surface area contributed by atoms with Crippen molar-refractivity contribution in [1.29, 1.82) is 0 Å². The molecule has 0 saturated carbocycles. The summed E-state index contributed by atoms with van der Waals surface area (Å²) >= 11 is 0. The van der Waals surface area contributed by atoms with Crippen LogP contribution in [0.2, 0.25) is 0 Å². The van der Waals surface area contributed by atoms with Gasteiger partial charge in [0.05, 0.1) is 12.0 Å². The Morgan fingerprint density at radius 2 is 1.88 bits per heavy atom. The van der Waals surface area contributed by atoms with Gasteiger partial charge in [0.25, 0.3) is 5.56 Å². The Bertz CT molecular complexity index is 976. The molecule has 130 valence electrons. The summed E-state index contributed by atoms with van der Waals surface area (Å²) in [5.41, 5.74) is 2.29. The molecule has 6 heteroatoms. The molecule has 0 aliphatic heterocycles. The lowest BCUT2D eigenvalue weighted by Gasteiger charge is -2.19. The SMILES string of the molecule is Cc1nc2cc[nH]n2c(=O)c1CC(=O)Oc1ccc(C(C)(C)C)cc1. The number of carbonyl (C=O) groups excluding carboxylic acids is 1. The monoisotopic (exact) mass is 339 g/mol. The summed E-state index contributed by atoms with van der Waals surface area (Å²) in [6.07, 6.45) is 1.50. The van der Waals surface area contributed by atoms with Gasteiger partial charge in [0.15, 0.2) is 5.65 Å². The van der Waals surface area contributed by atoms with E-state index in [-0.39, 0.29) is 17.4 Å². The van der Waals surface area contributed by atoms with Crippen molar-refractivity contribution < 1.29 is 9.53 Å². The van der Waals surface area contributed by atoms with Gasteiger partial charge in [-0.1, -0.05) is 32.9 Å². The summed E-state index contributed by atoms with van der Waals surface area (Å²) in [6, 6.07) is 9.12. The van der Waals surface area contributed by atoms with Crippen LogP contribution in [0.1, 0.15) is 37.6 Å². The van der Waals surface area contributed by atoms with Crippen molar-refractivity contribution in [3.8, 4) is 5.75 Å². The molecule has 1 aromatic carbocycles. The van der Waals surface area contributed by atoms with Gasteiger partial charge in [0, 0.05) is 18.0 Å². The number of hydrogen-bond acceptors (Lipinski definition) is 4. The van der Waals surface area contributed by atoms with E-state index in [1.807, 2.05) is 12.1 Å². The second-order valence-corrected chi connectivity index (χ2v) is 7.06. The fourth-order valence-corrected chi connectivity index (χ4v) is 2.64. The number of nitrogens with one attached hydrogen (secondary N) is 1. The second kappa shape index (κ2) is 6.20. The molecule has 0 unspecified atom stereocenters. The molecule has 0 saturated heterocycles. The van der Waals surface area contributed by atoms with Crippen molar-refractivity contribution in [3.05, 3.63) is 63.7 Å². The molecule has 0 fully saturated rings. The van der Waals surface area contributed by atoms with Gasteiger partial charge in [-0.3, -0.25) is 14.7 Å². The van der Waals surface area contributed by atoms with Gasteiger partial charge in [0.2, 0.25) is 0 Å². The van der Waals surface area contributed by atoms with E-state index in [9.17, 15) is 9.59 Å². The molecular weight excluding hydrogens is 318 g/mol. The van der Waals surface area contributed by atoms with Crippen molar-refractivity contribution in [3.63, 3.8) is 0 Å². The zero-order valence-electron chi connectivity index (χ0n) is 14.8. The topological polar surface area (TPSA) is 76.5 Å². The van der Waals surface area contributed by atoms with E-state index in [1.54, 1.807) is 31.3 Å². The number of rotatable bonds is 3. The number of carbonyl (C=O) groups is 1. The highest BCUT2D eigenvalue weighted by molar-refractivity contribution is 5.75. The van der Waals surface area contributed by atoms with Crippen LogP contribution in [0.5, 0.6) is 5.75 Å². The Labute approximate surface area is 145 Å². The first-order valence-corrected chi connectivity index (χ1v) is 8.12. The maximum absolute atomic E-state index is 12.4. The minimum absolute atomic E-state index is 0.0332. The highest BCUT2D eigenvalue weighted by Crippen LogP contribution is 2.24. The van der Waals surface area contributed by atoms with E-state index in [1.165, 1.54) is 4.52 Å². The maximum Gasteiger partial charge on any atom is 0.315 e. The van der Waals surface area contributed by atoms with Crippen LogP contribution in [-0.2, 0) is 16.6 Å². The average molecular weight is 339 g/mol. The minimum atomic E-state index is -0.489. The normalized spacial score (nSPS) is 11.7. The molecule has 0 aliphatic carbocycles. The second-order valence-electron chi connectivity index (χ2n) is 7.06. The van der Waals surface area contributed by atoms with Crippen LogP contribution in [0.3, 0.4) is 0 Å². The van der Waals surface area contributed by atoms with Gasteiger partial charge in [0.1, 0.15) is 5.75 Å². The Kier molecular flexibility index (Phi) is 4.20. The standard InChI is InChI=1S/C19H21N3O3/c1-12-15(18(24)22-16(21-12)9-10-20-22)11-17(23)25-14-7-5-13(6-8-14)19(2,3)4/h5-10,20H,11H2,1-4H3. The lowest BCUT2D eigenvalue weighted by atomic mass is 9.87. The van der Waals surface area contributed by atoms with Gasteiger partial charge in [-0.05, 0) is 30.0 Å². The van der Waals surface area contributed by atoms with Crippen LogP contribution in [0.25, 0.3) is 5.65 Å². The lowest BCUT2D eigenvalue weighted by Crippen LogP contribution is -2.25. The van der Waals surface area contributed by atoms with E-state index >= 15 is 0 Å². The zero-order chi connectivity index (χ0) is 18.2. The molecule has 0 aliphatic rings. The zero-order valence-corrected chi connectivity index (χ0v) is 14.8. The molecule has 0 bridgehead atoms. The third-order valence-corrected chi connectivity index (χ3v) is 4.12. The van der Waals surface area contributed by atoms with Gasteiger partial charge >= 0.3 is 5.97 Å². The molecule has 2 heterocycles. The molecule has 2 aromatic heterocycles. The average Bonchev–Trinajstić information content (AvgIpc) is 2.99. The number of fused-ring (bicyclic) bond motifs is 1. The van der Waals surface area contributed by atoms with Crippen molar-refractivity contribution in [2.45, 2.75) is 39.5 Å². The number of hydrogen-bond donors (Lipinski definition) is 1. The van der Waals surface area contributed by atoms with Gasteiger partial charge < -0.3 is 4.74 Å². The van der Waals surface area contributed by atoms with Crippen LogP contribution in [0.4, 0.5) is 0 Å². The highest BCUT2D eigenvalue weighted by Gasteiger charge is 2.17. The molecule has 0 radical (unpaired) electrons. The Balaban J connectivity index is 1.78. The third kappa shape index (κ3) is 3.47. The number of aromatic nitrogens is 3. The number of ether oxygens (including phenoxy) is 1. The molecule has 1 N–H and O–H groups in total. The summed E-state index contributed by atoms with van der Waals surface area (Å²) in [5.74, 6) is -0.0262. The number of aromatic amines is 1. The molecule has 3 rings (SSSR count). The smallest absolute Gasteiger partial charge is 0.315 e. The summed E-state index contributed by atoms with van der Waals surface area (Å²) in [7, 11) is 0. The molecule has 0 amide bonds. The number of esters is 1. The number of nitrogens with zero attached hydrogens (tertiary/aromatic N) is 2. The van der Waals surface area contributed by atoms with Crippen molar-refractivity contribution in [2.75, 3.05) is 0 Å². The molecule has 25 heavy (non-hydrogen) atoms. The Hall–Kier alpha value is -2.89. The first kappa shape index (κ1) is 17.0. The summed E-state index contributed by atoms with van der Waals surface area (Å²) < 4.78 is 6.68. The predicted molar refractivity (Wildman–Crippen MR) is 95.0 cm³/mol. The van der Waals surface area contributed by atoms with Gasteiger partial charge in [-0.15, -0.1) is 0 Å². The minimum Gasteiger partial charge on any atom is -0.426 e. The first-order chi connectivity index (χ1) is 11.8. The molecular formula is C19H21N3O3. The number of benzene rings is 1. The van der Waals surface area contributed by atoms with Crippen LogP contribution >= 0.6 is 0 Å². The number of H-pyrrole nitrogens is 1. The fourth-order valence-electron chi connectivity index (χ4n) is 2.64. The Morgan fingerprint density at radius 3 is 2.52 bits per heavy atom. The third-order valence-electron chi connectivity index (χ3n) is 4.12. The van der Waals surface area contributed by atoms with Gasteiger partial charge in [-0.25, -0.2) is 9.50 Å². The van der Waals surface area contributed by atoms with Gasteiger partial charge in [-0.2, -0.15) is 0 Å². The summed E-state index contributed by atoms with van der Waals surface area (Å²) in [6.45, 7) is 8.07. The number of aryl methyl sites for hydroxylation is 1. The van der Waals surface area contributed by atoms with Crippen LogP contribution < -0.4 is 10.3 Å². The fraction of sp³-hybridized carbons (Fsp3) is 0.316. The van der Waals surface area contributed by atoms with E-state index < -0.39 is 5.97 Å². The molecule has 0 spiro atoms. The first-order valence-electron chi connectivity index (χ1n) is 8.12. The lowest BCUT2D eigenvalue weighted by molar-refractivity contribution is -0.133. The molecule has 6 nitrogen and oxygen atoms in total. The summed E-state index contributed by atoms with van der Waals surface area (Å²) in [5, 5.41) is 2.79. The van der Waals surface area contributed by atoms with Crippen molar-refractivity contribution in [2.24, 2.45) is 0 Å². The summed E-state index contributed by atoms with van der Waals surface area (Å²) in [4.78, 5) is 29.0. The molecule has 3 aromatic rings. The van der Waals surface area contributed by atoms with E-state index in [4.69, 9.17) is 4.74 Å². The predicted octanol–water partition coefficient (Wildman–Crippen LogP) is 2.78. The van der Waals surface area contributed by atoms with E-state index in [0.29, 0.717) is 22.7 Å². The van der Waals surface area contributed by atoms with Crippen molar-refractivity contribution in [1.82, 2.24) is 14.6 Å². The van der Waals surface area contributed by atoms with Crippen molar-refractivity contribution >= 4 is 11.6 Å². The Morgan fingerprint density at radius 1 is 1.20 bits per heavy atom.